The van der Waals surface area contributed by atoms with Crippen LogP contribution in [0.3, 0.4) is 0 Å². The molecular weight excluding hydrogens is 735 g/mol. The number of nitrogens with zero attached hydrogens (tertiary/aromatic N) is 1. The quantitative estimate of drug-likeness (QED) is 0.0934. The van der Waals surface area contributed by atoms with Gasteiger partial charge in [0.15, 0.2) is 5.78 Å². The van der Waals surface area contributed by atoms with E-state index in [-0.39, 0.29) is 43.5 Å². The van der Waals surface area contributed by atoms with E-state index in [1.807, 2.05) is 40.0 Å². The van der Waals surface area contributed by atoms with E-state index in [2.05, 4.69) is 89.0 Å². The summed E-state index contributed by atoms with van der Waals surface area (Å²) in [6.07, 6.45) is 6.81. The van der Waals surface area contributed by atoms with Crippen LogP contribution >= 0.6 is 0 Å². The number of furan rings is 1. The number of rotatable bonds is 11. The number of carbonyl (C=O) groups is 1. The maximum absolute atomic E-state index is 11.7. The van der Waals surface area contributed by atoms with E-state index in [9.17, 15) is 9.90 Å². The van der Waals surface area contributed by atoms with Gasteiger partial charge in [0.1, 0.15) is 11.3 Å². The van der Waals surface area contributed by atoms with Crippen LogP contribution in [0, 0.1) is 31.7 Å². The average molecular weight is 787 g/mol. The first kappa shape index (κ1) is 38.2. The molecule has 0 spiro atoms. The summed E-state index contributed by atoms with van der Waals surface area (Å²) in [4.78, 5) is 16.4. The largest absolute Gasteiger partial charge is 0.512 e. The number of fused-ring (bicyclic) bond motifs is 1. The van der Waals surface area contributed by atoms with Crippen molar-refractivity contribution in [3.05, 3.63) is 88.8 Å². The molecular formula is C40H52IrNO3-. The van der Waals surface area contributed by atoms with Gasteiger partial charge in [0.25, 0.3) is 0 Å². The number of carbonyl (C=O) groups excluding carboxylic acids is 1. The number of aryl methyl sites for hydroxylation is 2. The van der Waals surface area contributed by atoms with Crippen LogP contribution < -0.4 is 0 Å². The second-order valence-electron chi connectivity index (χ2n) is 12.7. The number of hydrogen-bond acceptors (Lipinski definition) is 4. The molecule has 45 heavy (non-hydrogen) atoms. The minimum atomic E-state index is 0. The second kappa shape index (κ2) is 17.6. The third-order valence-electron chi connectivity index (χ3n) is 8.50. The van der Waals surface area contributed by atoms with Gasteiger partial charge in [-0.05, 0) is 78.6 Å². The summed E-state index contributed by atoms with van der Waals surface area (Å²) >= 11 is 0. The Bertz CT molecular complexity index is 1530. The number of aliphatic hydroxyl groups is 1. The maximum atomic E-state index is 11.7. The molecule has 0 unspecified atom stereocenters. The van der Waals surface area contributed by atoms with Gasteiger partial charge in [-0.25, -0.2) is 0 Å². The van der Waals surface area contributed by atoms with E-state index >= 15 is 0 Å². The number of ketones is 1. The van der Waals surface area contributed by atoms with Crippen LogP contribution in [0.15, 0.2) is 64.9 Å². The Kier molecular flexibility index (Phi) is 14.9. The Hall–Kier alpha value is -3.01. The molecule has 5 heteroatoms. The fourth-order valence-corrected chi connectivity index (χ4v) is 5.52. The van der Waals surface area contributed by atoms with Crippen LogP contribution in [0.2, 0.25) is 0 Å². The molecule has 0 aliphatic heterocycles. The van der Waals surface area contributed by atoms with Crippen molar-refractivity contribution in [2.75, 3.05) is 0 Å². The third kappa shape index (κ3) is 10.2. The molecule has 1 N–H and O–H groups in total. The number of hydrogen-bond donors (Lipinski definition) is 1. The topological polar surface area (TPSA) is 63.3 Å². The third-order valence-corrected chi connectivity index (χ3v) is 8.50. The normalized spacial score (nSPS) is 11.7. The molecule has 2 heterocycles. The van der Waals surface area contributed by atoms with Gasteiger partial charge in [0.05, 0.1) is 5.76 Å². The van der Waals surface area contributed by atoms with Crippen LogP contribution in [0.1, 0.15) is 115 Å². The van der Waals surface area contributed by atoms with E-state index in [0.29, 0.717) is 11.8 Å². The molecule has 0 saturated carbocycles. The van der Waals surface area contributed by atoms with E-state index in [0.717, 1.165) is 64.8 Å². The predicted octanol–water partition coefficient (Wildman–Crippen LogP) is 11.7. The fraction of sp³-hybridized carbons (Fsp3) is 0.450. The second-order valence-corrected chi connectivity index (χ2v) is 12.7. The van der Waals surface area contributed by atoms with Crippen LogP contribution in [-0.2, 0) is 24.9 Å². The van der Waals surface area contributed by atoms with Gasteiger partial charge >= 0.3 is 0 Å². The summed E-state index contributed by atoms with van der Waals surface area (Å²) in [5.41, 5.74) is 8.91. The van der Waals surface area contributed by atoms with Crippen LogP contribution in [0.4, 0.5) is 0 Å². The molecule has 245 valence electrons. The van der Waals surface area contributed by atoms with Gasteiger partial charge in [-0.3, -0.25) is 4.79 Å². The average Bonchev–Trinajstić information content (AvgIpc) is 3.42. The van der Waals surface area contributed by atoms with Crippen molar-refractivity contribution in [1.82, 2.24) is 4.98 Å². The molecule has 2 aromatic heterocycles. The van der Waals surface area contributed by atoms with E-state index in [4.69, 9.17) is 4.42 Å². The van der Waals surface area contributed by atoms with Crippen molar-refractivity contribution in [2.45, 2.75) is 107 Å². The first-order valence-electron chi connectivity index (χ1n) is 16.4. The van der Waals surface area contributed by atoms with Crippen LogP contribution in [0.25, 0.3) is 33.6 Å². The van der Waals surface area contributed by atoms with Crippen molar-refractivity contribution in [3.63, 3.8) is 0 Å². The molecule has 0 atom stereocenters. The smallest absolute Gasteiger partial charge is 0.162 e. The van der Waals surface area contributed by atoms with Crippen LogP contribution in [-0.4, -0.2) is 15.9 Å². The minimum Gasteiger partial charge on any atom is -0.512 e. The zero-order chi connectivity index (χ0) is 32.6. The molecule has 0 aliphatic rings. The molecule has 0 fully saturated rings. The molecule has 4 aromatic rings. The zero-order valence-corrected chi connectivity index (χ0v) is 31.3. The zero-order valence-electron chi connectivity index (χ0n) is 28.9. The minimum absolute atomic E-state index is 0. The van der Waals surface area contributed by atoms with Crippen molar-refractivity contribution in [2.24, 2.45) is 11.8 Å². The van der Waals surface area contributed by atoms with Gasteiger partial charge in [0, 0.05) is 55.2 Å². The van der Waals surface area contributed by atoms with Gasteiger partial charge in [-0.2, -0.15) is 0 Å². The summed E-state index contributed by atoms with van der Waals surface area (Å²) < 4.78 is 6.29. The Morgan fingerprint density at radius 1 is 0.844 bits per heavy atom. The molecule has 4 nitrogen and oxygen atoms in total. The van der Waals surface area contributed by atoms with Gasteiger partial charge in [-0.1, -0.05) is 75.3 Å². The molecule has 0 bridgehead atoms. The summed E-state index contributed by atoms with van der Waals surface area (Å²) in [6, 6.07) is 18.6. The van der Waals surface area contributed by atoms with E-state index in [1.54, 1.807) is 0 Å². The Morgan fingerprint density at radius 3 is 1.93 bits per heavy atom. The first-order valence-corrected chi connectivity index (χ1v) is 16.4. The molecule has 0 saturated heterocycles. The molecule has 0 aliphatic carbocycles. The van der Waals surface area contributed by atoms with Crippen molar-refractivity contribution >= 4 is 16.8 Å². The van der Waals surface area contributed by atoms with E-state index in [1.165, 1.54) is 22.8 Å². The van der Waals surface area contributed by atoms with Crippen molar-refractivity contribution in [3.8, 4) is 22.6 Å². The number of allylic oxidation sites excluding steroid dienone is 2. The summed E-state index contributed by atoms with van der Waals surface area (Å²) in [6.45, 7) is 21.2. The Morgan fingerprint density at radius 2 is 1.42 bits per heavy atom. The molecule has 4 rings (SSSR count). The Balaban J connectivity index is 0.000000378. The monoisotopic (exact) mass is 787 g/mol. The number of aliphatic hydroxyl groups excluding tert-OH is 1. The molecule has 2 aromatic carbocycles. The molecule has 1 radical (unpaired) electrons. The molecule has 0 amide bonds. The number of benzene rings is 2. The Labute approximate surface area is 285 Å². The SMILES string of the molecule is CCC(CC)C(=O)/C=C(\O)C(CC)CC.Cc1[c-]c(-c2cc3oc(-c4cc(C(C)C)cc(C(C)C)c4)cc3cn2)cc(C)c1.[Ir]. The number of aromatic nitrogens is 1. The van der Waals surface area contributed by atoms with Crippen molar-refractivity contribution < 1.29 is 34.4 Å². The van der Waals surface area contributed by atoms with Gasteiger partial charge < -0.3 is 14.5 Å². The van der Waals surface area contributed by atoms with Crippen molar-refractivity contribution in [1.29, 1.82) is 0 Å². The maximum Gasteiger partial charge on any atom is 0.162 e. The summed E-state index contributed by atoms with van der Waals surface area (Å²) in [7, 11) is 0. The predicted molar refractivity (Wildman–Crippen MR) is 185 cm³/mol. The summed E-state index contributed by atoms with van der Waals surface area (Å²) in [5.74, 6) is 2.40. The fourth-order valence-electron chi connectivity index (χ4n) is 5.52. The first-order chi connectivity index (χ1) is 20.9. The van der Waals surface area contributed by atoms with E-state index < -0.39 is 0 Å². The summed E-state index contributed by atoms with van der Waals surface area (Å²) in [5, 5.41) is 10.8. The van der Waals surface area contributed by atoms with Gasteiger partial charge in [0.2, 0.25) is 0 Å². The number of pyridine rings is 1. The van der Waals surface area contributed by atoms with Gasteiger partial charge in [-0.15, -0.1) is 34.9 Å². The standard InChI is InChI=1S/C27H28NO.C13H24O2.Ir/c1-16(2)20-10-21(17(3)4)12-23(11-20)26-13-24-15-28-25(14-27(24)29-26)22-8-18(5)7-19(6)9-22;1-5-10(6-2)12(14)9-13(15)11(7-3)8-4;/h7-8,10-17H,1-6H3;9-11,14H,5-8H2,1-4H3;/q-1;;/b;12-9-;. The van der Waals surface area contributed by atoms with Crippen LogP contribution in [0.5, 0.6) is 0 Å².